The number of unbranched alkanes of at least 4 members (excludes halogenated alkanes) is 2. The molecule has 0 amide bonds. The van der Waals surface area contributed by atoms with Gasteiger partial charge in [-0.25, -0.2) is 0 Å². The maximum Gasteiger partial charge on any atom is 0.0679 e. The van der Waals surface area contributed by atoms with Crippen molar-refractivity contribution in [3.63, 3.8) is 0 Å². The van der Waals surface area contributed by atoms with E-state index in [1.807, 2.05) is 0 Å². The van der Waals surface area contributed by atoms with E-state index in [0.717, 1.165) is 38.9 Å². The van der Waals surface area contributed by atoms with Gasteiger partial charge in [0.2, 0.25) is 0 Å². The van der Waals surface area contributed by atoms with Crippen LogP contribution in [0.15, 0.2) is 0 Å². The van der Waals surface area contributed by atoms with Gasteiger partial charge in [-0.05, 0) is 26.3 Å². The topological polar surface area (TPSA) is 32.7 Å². The normalized spacial score (nSPS) is 39.9. The molecule has 0 saturated carbocycles. The Labute approximate surface area is 98.8 Å². The maximum atomic E-state index is 10.6. The van der Waals surface area contributed by atoms with Gasteiger partial charge in [0.1, 0.15) is 0 Å². The Balaban J connectivity index is 1.92. The first kappa shape index (κ1) is 12.3. The van der Waals surface area contributed by atoms with E-state index in [1.54, 1.807) is 0 Å². The standard InChI is InChI=1S/C13H25NO2/c1-3-4-5-6-13(15)7-11-9-16-10-12(8-13)14(11)2/h11-12,15H,3-10H2,1-2H3. The molecule has 2 rings (SSSR count). The van der Waals surface area contributed by atoms with Crippen LogP contribution in [0, 0.1) is 0 Å². The van der Waals surface area contributed by atoms with Crippen LogP contribution in [0.5, 0.6) is 0 Å². The Hall–Kier alpha value is -0.120. The van der Waals surface area contributed by atoms with Gasteiger partial charge < -0.3 is 9.84 Å². The molecule has 2 atom stereocenters. The van der Waals surface area contributed by atoms with E-state index in [0.29, 0.717) is 12.1 Å². The van der Waals surface area contributed by atoms with Crippen molar-refractivity contribution in [2.75, 3.05) is 20.3 Å². The molecule has 3 nitrogen and oxygen atoms in total. The smallest absolute Gasteiger partial charge is 0.0679 e. The number of likely N-dealkylation sites (N-methyl/N-ethyl adjacent to an activating group) is 1. The number of hydrogen-bond acceptors (Lipinski definition) is 3. The van der Waals surface area contributed by atoms with Crippen molar-refractivity contribution >= 4 is 0 Å². The van der Waals surface area contributed by atoms with E-state index < -0.39 is 5.60 Å². The van der Waals surface area contributed by atoms with Crippen LogP contribution in [0.3, 0.4) is 0 Å². The summed E-state index contributed by atoms with van der Waals surface area (Å²) in [6, 6.07) is 0.859. The summed E-state index contributed by atoms with van der Waals surface area (Å²) in [5, 5.41) is 10.6. The van der Waals surface area contributed by atoms with Crippen LogP contribution in [0.25, 0.3) is 0 Å². The number of piperidine rings is 1. The Kier molecular flexibility index (Phi) is 3.88. The molecule has 2 aliphatic rings. The minimum absolute atomic E-state index is 0.416. The summed E-state index contributed by atoms with van der Waals surface area (Å²) >= 11 is 0. The molecule has 0 spiro atoms. The van der Waals surface area contributed by atoms with E-state index in [9.17, 15) is 5.11 Å². The monoisotopic (exact) mass is 227 g/mol. The van der Waals surface area contributed by atoms with Gasteiger partial charge in [-0.3, -0.25) is 4.90 Å². The van der Waals surface area contributed by atoms with Crippen molar-refractivity contribution in [1.29, 1.82) is 0 Å². The highest BCUT2D eigenvalue weighted by atomic mass is 16.5. The number of rotatable bonds is 4. The lowest BCUT2D eigenvalue weighted by atomic mass is 9.78. The van der Waals surface area contributed by atoms with E-state index >= 15 is 0 Å². The van der Waals surface area contributed by atoms with Gasteiger partial charge in [0.05, 0.1) is 18.8 Å². The highest BCUT2D eigenvalue weighted by Crippen LogP contribution is 2.36. The lowest BCUT2D eigenvalue weighted by Gasteiger charge is -2.50. The zero-order valence-corrected chi connectivity index (χ0v) is 10.6. The Morgan fingerprint density at radius 1 is 1.25 bits per heavy atom. The number of aliphatic hydroxyl groups is 1. The maximum absolute atomic E-state index is 10.6. The highest BCUT2D eigenvalue weighted by molar-refractivity contribution is 4.97. The van der Waals surface area contributed by atoms with Gasteiger partial charge in [-0.2, -0.15) is 0 Å². The van der Waals surface area contributed by atoms with Crippen LogP contribution in [-0.4, -0.2) is 48.0 Å². The quantitative estimate of drug-likeness (QED) is 0.743. The number of hydrogen-bond donors (Lipinski definition) is 1. The first-order valence-corrected chi connectivity index (χ1v) is 6.67. The van der Waals surface area contributed by atoms with Crippen molar-refractivity contribution in [3.05, 3.63) is 0 Å². The van der Waals surface area contributed by atoms with E-state index in [2.05, 4.69) is 18.9 Å². The van der Waals surface area contributed by atoms with Crippen molar-refractivity contribution in [2.24, 2.45) is 0 Å². The molecule has 0 aromatic carbocycles. The summed E-state index contributed by atoms with van der Waals surface area (Å²) in [6.45, 7) is 3.80. The molecule has 2 heterocycles. The zero-order valence-electron chi connectivity index (χ0n) is 10.6. The van der Waals surface area contributed by atoms with Gasteiger partial charge in [-0.15, -0.1) is 0 Å². The van der Waals surface area contributed by atoms with E-state index in [4.69, 9.17) is 4.74 Å². The van der Waals surface area contributed by atoms with Crippen LogP contribution in [0.1, 0.15) is 45.4 Å². The number of nitrogens with zero attached hydrogens (tertiary/aromatic N) is 1. The van der Waals surface area contributed by atoms with Crippen LogP contribution in [0.4, 0.5) is 0 Å². The molecule has 0 aliphatic carbocycles. The lowest BCUT2D eigenvalue weighted by Crippen LogP contribution is -2.60. The summed E-state index contributed by atoms with van der Waals surface area (Å²) in [5.41, 5.74) is -0.416. The van der Waals surface area contributed by atoms with Crippen molar-refractivity contribution in [1.82, 2.24) is 4.90 Å². The highest BCUT2D eigenvalue weighted by Gasteiger charge is 2.43. The number of fused-ring (bicyclic) bond motifs is 2. The van der Waals surface area contributed by atoms with Gasteiger partial charge in [0.25, 0.3) is 0 Å². The second-order valence-electron chi connectivity index (χ2n) is 5.60. The fourth-order valence-electron chi connectivity index (χ4n) is 3.15. The molecular formula is C13H25NO2. The Morgan fingerprint density at radius 2 is 1.88 bits per heavy atom. The third-order valence-corrected chi connectivity index (χ3v) is 4.25. The summed E-state index contributed by atoms with van der Waals surface area (Å²) in [6.07, 6.45) is 6.39. The molecule has 94 valence electrons. The van der Waals surface area contributed by atoms with Gasteiger partial charge >= 0.3 is 0 Å². The van der Waals surface area contributed by atoms with Gasteiger partial charge in [-0.1, -0.05) is 26.2 Å². The third-order valence-electron chi connectivity index (χ3n) is 4.25. The van der Waals surface area contributed by atoms with Crippen molar-refractivity contribution < 1.29 is 9.84 Å². The molecule has 0 radical (unpaired) electrons. The largest absolute Gasteiger partial charge is 0.390 e. The SMILES string of the molecule is CCCCCC1(O)CC2COCC(C1)N2C. The first-order valence-electron chi connectivity index (χ1n) is 6.67. The molecule has 3 heteroatoms. The third kappa shape index (κ3) is 2.58. The average molecular weight is 227 g/mol. The molecule has 0 aromatic heterocycles. The van der Waals surface area contributed by atoms with E-state index in [-0.39, 0.29) is 0 Å². The van der Waals surface area contributed by atoms with Gasteiger partial charge in [0.15, 0.2) is 0 Å². The van der Waals surface area contributed by atoms with Crippen LogP contribution >= 0.6 is 0 Å². The number of morpholine rings is 1. The molecule has 1 N–H and O–H groups in total. The molecule has 2 aliphatic heterocycles. The summed E-state index contributed by atoms with van der Waals surface area (Å²) in [7, 11) is 2.17. The van der Waals surface area contributed by atoms with Gasteiger partial charge in [0, 0.05) is 12.1 Å². The summed E-state index contributed by atoms with van der Waals surface area (Å²) < 4.78 is 5.57. The molecule has 2 saturated heterocycles. The van der Waals surface area contributed by atoms with Crippen LogP contribution in [0.2, 0.25) is 0 Å². The molecule has 2 bridgehead atoms. The molecule has 2 unspecified atom stereocenters. The van der Waals surface area contributed by atoms with Crippen LogP contribution < -0.4 is 0 Å². The minimum atomic E-state index is -0.416. The Bertz CT molecular complexity index is 218. The number of ether oxygens (including phenoxy) is 1. The molecule has 0 aromatic rings. The van der Waals surface area contributed by atoms with Crippen molar-refractivity contribution in [2.45, 2.75) is 63.1 Å². The predicted molar refractivity (Wildman–Crippen MR) is 64.5 cm³/mol. The second-order valence-corrected chi connectivity index (χ2v) is 5.60. The zero-order chi connectivity index (χ0) is 11.6. The van der Waals surface area contributed by atoms with E-state index in [1.165, 1.54) is 12.8 Å². The minimum Gasteiger partial charge on any atom is -0.390 e. The fourth-order valence-corrected chi connectivity index (χ4v) is 3.15. The fraction of sp³-hybridized carbons (Fsp3) is 1.00. The summed E-state index contributed by atoms with van der Waals surface area (Å²) in [5.74, 6) is 0. The Morgan fingerprint density at radius 3 is 2.44 bits per heavy atom. The first-order chi connectivity index (χ1) is 7.64. The molecule has 2 fully saturated rings. The average Bonchev–Trinajstić information content (AvgIpc) is 2.21. The molecular weight excluding hydrogens is 202 g/mol. The molecule has 16 heavy (non-hydrogen) atoms. The summed E-state index contributed by atoms with van der Waals surface area (Å²) in [4.78, 5) is 2.40. The van der Waals surface area contributed by atoms with Crippen LogP contribution in [-0.2, 0) is 4.74 Å². The lowest BCUT2D eigenvalue weighted by molar-refractivity contribution is -0.137. The predicted octanol–water partition coefficient (Wildman–Crippen LogP) is 1.79. The van der Waals surface area contributed by atoms with Crippen molar-refractivity contribution in [3.8, 4) is 0 Å². The second kappa shape index (κ2) is 5.03.